The van der Waals surface area contributed by atoms with E-state index in [1.165, 1.54) is 19.3 Å². The van der Waals surface area contributed by atoms with Crippen LogP contribution in [0.2, 0.25) is 0 Å². The monoisotopic (exact) mass is 206 g/mol. The highest BCUT2D eigenvalue weighted by Gasteiger charge is 1.98. The molecule has 0 radical (unpaired) electrons. The summed E-state index contributed by atoms with van der Waals surface area (Å²) >= 11 is 0. The molecule has 0 aromatic carbocycles. The molecule has 0 aromatic heterocycles. The summed E-state index contributed by atoms with van der Waals surface area (Å²) in [6, 6.07) is 0. The molecule has 0 saturated heterocycles. The van der Waals surface area contributed by atoms with Gasteiger partial charge in [0.05, 0.1) is 7.18 Å². The van der Waals surface area contributed by atoms with Gasteiger partial charge in [-0.2, -0.15) is 0 Å². The molecule has 0 aromatic rings. The Balaban J connectivity index is -0.000000144. The molecule has 0 saturated carbocycles. The Morgan fingerprint density at radius 1 is 1.08 bits per heavy atom. The first-order valence-electron chi connectivity index (χ1n) is 3.72. The molecule has 1 aliphatic rings. The SMILES string of the molecule is CC1C=CCCC1.CF.FF.FF. The van der Waals surface area contributed by atoms with Gasteiger partial charge in [-0.25, -0.2) is 0 Å². The first kappa shape index (κ1) is 18.2. The van der Waals surface area contributed by atoms with Gasteiger partial charge in [0.25, 0.3) is 0 Å². The van der Waals surface area contributed by atoms with E-state index < -0.39 is 0 Å². The summed E-state index contributed by atoms with van der Waals surface area (Å²) in [4.78, 5) is 0. The van der Waals surface area contributed by atoms with E-state index in [0.29, 0.717) is 7.18 Å². The maximum absolute atomic E-state index is 9.50. The quantitative estimate of drug-likeness (QED) is 0.400. The average Bonchev–Trinajstić information content (AvgIpc) is 2.28. The van der Waals surface area contributed by atoms with Gasteiger partial charge in [-0.1, -0.05) is 19.1 Å². The van der Waals surface area contributed by atoms with Crippen LogP contribution in [0.25, 0.3) is 0 Å². The summed E-state index contributed by atoms with van der Waals surface area (Å²) in [5, 5.41) is 0. The lowest BCUT2D eigenvalue weighted by Gasteiger charge is -2.08. The van der Waals surface area contributed by atoms with Gasteiger partial charge in [-0.15, -0.1) is 0 Å². The lowest BCUT2D eigenvalue weighted by molar-refractivity contribution is 0.108. The van der Waals surface area contributed by atoms with Gasteiger partial charge in [-0.3, -0.25) is 4.39 Å². The van der Waals surface area contributed by atoms with E-state index in [2.05, 4.69) is 19.1 Å². The average molecular weight is 206 g/mol. The Bertz CT molecular complexity index is 84.6. The normalized spacial score (nSPS) is 17.9. The van der Waals surface area contributed by atoms with E-state index in [1.54, 1.807) is 0 Å². The van der Waals surface area contributed by atoms with Crippen molar-refractivity contribution >= 4 is 0 Å². The zero-order chi connectivity index (χ0) is 11.1. The zero-order valence-electron chi connectivity index (χ0n) is 7.74. The number of hydrogen-bond acceptors (Lipinski definition) is 0. The van der Waals surface area contributed by atoms with Crippen molar-refractivity contribution in [2.24, 2.45) is 5.92 Å². The van der Waals surface area contributed by atoms with Gasteiger partial charge in [0.1, 0.15) is 0 Å². The van der Waals surface area contributed by atoms with Crippen molar-refractivity contribution in [3.05, 3.63) is 12.2 Å². The molecule has 0 heterocycles. The standard InChI is InChI=1S/C7H12.CH3F.2F2/c1-7-5-3-2-4-6-7;3*1-2/h3,5,7H,2,4,6H2,1H3;1H3;;. The molecule has 0 nitrogen and oxygen atoms in total. The number of alkyl halides is 1. The molecule has 0 amide bonds. The van der Waals surface area contributed by atoms with Crippen molar-refractivity contribution in [3.63, 3.8) is 0 Å². The summed E-state index contributed by atoms with van der Waals surface area (Å²) in [5.74, 6) is 0.855. The molecule has 0 bridgehead atoms. The van der Waals surface area contributed by atoms with E-state index in [-0.39, 0.29) is 0 Å². The third kappa shape index (κ3) is 18.4. The molecule has 0 fully saturated rings. The zero-order valence-corrected chi connectivity index (χ0v) is 7.74. The fourth-order valence-electron chi connectivity index (χ4n) is 0.982. The highest BCUT2D eigenvalue weighted by atomic mass is 20.0. The molecule has 13 heavy (non-hydrogen) atoms. The van der Waals surface area contributed by atoms with Crippen molar-refractivity contribution < 1.29 is 22.7 Å². The predicted molar refractivity (Wildman–Crippen MR) is 43.6 cm³/mol. The molecule has 0 N–H and O–H groups in total. The van der Waals surface area contributed by atoms with Crippen LogP contribution in [0.15, 0.2) is 12.2 Å². The number of hydrogen-bond donors (Lipinski definition) is 0. The second-order valence-electron chi connectivity index (χ2n) is 2.34. The summed E-state index contributed by atoms with van der Waals surface area (Å²) in [6.07, 6.45) is 8.70. The highest BCUT2D eigenvalue weighted by Crippen LogP contribution is 2.14. The molecule has 0 aliphatic heterocycles. The molecule has 1 unspecified atom stereocenters. The van der Waals surface area contributed by atoms with Crippen molar-refractivity contribution in [1.82, 2.24) is 0 Å². The largest absolute Gasteiger partial charge is 0.255 e. The number of rotatable bonds is 0. The van der Waals surface area contributed by atoms with Crippen LogP contribution in [-0.2, 0) is 0 Å². The summed E-state index contributed by atoms with van der Waals surface area (Å²) in [6.45, 7) is 2.27. The molecule has 0 spiro atoms. The Morgan fingerprint density at radius 3 is 1.69 bits per heavy atom. The molecule has 5 heteroatoms. The lowest BCUT2D eigenvalue weighted by Crippen LogP contribution is -1.92. The van der Waals surface area contributed by atoms with E-state index in [9.17, 15) is 4.39 Å². The molecule has 82 valence electrons. The van der Waals surface area contributed by atoms with Gasteiger partial charge in [-0.05, 0) is 25.2 Å². The van der Waals surface area contributed by atoms with Crippen molar-refractivity contribution in [3.8, 4) is 0 Å². The second kappa shape index (κ2) is 22.5. The summed E-state index contributed by atoms with van der Waals surface area (Å²) in [5.41, 5.74) is 0. The molecular formula is C8H15F5. The van der Waals surface area contributed by atoms with Gasteiger partial charge in [0.15, 0.2) is 0 Å². The van der Waals surface area contributed by atoms with E-state index in [1.807, 2.05) is 0 Å². The van der Waals surface area contributed by atoms with E-state index >= 15 is 0 Å². The number of allylic oxidation sites excluding steroid dienone is 2. The smallest absolute Gasteiger partial charge is 0.0785 e. The van der Waals surface area contributed by atoms with Crippen molar-refractivity contribution in [1.29, 1.82) is 0 Å². The third-order valence-electron chi connectivity index (χ3n) is 1.49. The van der Waals surface area contributed by atoms with Gasteiger partial charge in [0.2, 0.25) is 0 Å². The molecule has 1 rings (SSSR count). The Labute approximate surface area is 75.2 Å². The Morgan fingerprint density at radius 2 is 1.54 bits per heavy atom. The molecule has 1 atom stereocenters. The fourth-order valence-corrected chi connectivity index (χ4v) is 0.982. The summed E-state index contributed by atoms with van der Waals surface area (Å²) < 4.78 is 41.5. The van der Waals surface area contributed by atoms with Gasteiger partial charge in [0, 0.05) is 18.3 Å². The summed E-state index contributed by atoms with van der Waals surface area (Å²) in [7, 11) is 0.500. The van der Waals surface area contributed by atoms with Crippen LogP contribution in [-0.4, -0.2) is 7.18 Å². The minimum atomic E-state index is 0.500. The minimum Gasteiger partial charge on any atom is -0.255 e. The van der Waals surface area contributed by atoms with Crippen LogP contribution in [0.5, 0.6) is 0 Å². The van der Waals surface area contributed by atoms with Crippen molar-refractivity contribution in [2.45, 2.75) is 26.2 Å². The number of halogens is 5. The topological polar surface area (TPSA) is 0 Å². The van der Waals surface area contributed by atoms with Crippen molar-refractivity contribution in [2.75, 3.05) is 7.18 Å². The maximum atomic E-state index is 9.50. The first-order valence-corrected chi connectivity index (χ1v) is 3.72. The lowest BCUT2D eigenvalue weighted by atomic mass is 9.98. The third-order valence-corrected chi connectivity index (χ3v) is 1.49. The Hall–Kier alpha value is -0.610. The van der Waals surface area contributed by atoms with Crippen LogP contribution in [0.1, 0.15) is 26.2 Å². The highest BCUT2D eigenvalue weighted by molar-refractivity contribution is 4.90. The van der Waals surface area contributed by atoms with E-state index in [4.69, 9.17) is 18.3 Å². The first-order chi connectivity index (χ1) is 6.39. The maximum Gasteiger partial charge on any atom is 0.0785 e. The van der Waals surface area contributed by atoms with Gasteiger partial charge >= 0.3 is 0 Å². The minimum absolute atomic E-state index is 0.500. The Kier molecular flexibility index (Phi) is 31.6. The molecular weight excluding hydrogens is 191 g/mol. The van der Waals surface area contributed by atoms with Crippen LogP contribution in [0, 0.1) is 5.92 Å². The van der Waals surface area contributed by atoms with Crippen LogP contribution < -0.4 is 0 Å². The van der Waals surface area contributed by atoms with Crippen LogP contribution in [0.4, 0.5) is 22.7 Å². The van der Waals surface area contributed by atoms with Crippen LogP contribution >= 0.6 is 0 Å². The molecule has 1 aliphatic carbocycles. The van der Waals surface area contributed by atoms with Gasteiger partial charge < -0.3 is 0 Å². The predicted octanol–water partition coefficient (Wildman–Crippen LogP) is 4.63. The van der Waals surface area contributed by atoms with Crippen LogP contribution in [0.3, 0.4) is 0 Å². The van der Waals surface area contributed by atoms with E-state index in [0.717, 1.165) is 5.92 Å². The fraction of sp³-hybridized carbons (Fsp3) is 0.750. The second-order valence-corrected chi connectivity index (χ2v) is 2.34.